The van der Waals surface area contributed by atoms with E-state index in [-0.39, 0.29) is 12.2 Å². The van der Waals surface area contributed by atoms with Gasteiger partial charge in [-0.25, -0.2) is 5.43 Å². The maximum Gasteiger partial charge on any atom is 0.314 e. The number of carbonyl (C=O) groups is 2. The number of nitrogens with zero attached hydrogens (tertiary/aromatic N) is 3. The van der Waals surface area contributed by atoms with Crippen molar-refractivity contribution < 1.29 is 14.7 Å². The molecule has 2 amide bonds. The van der Waals surface area contributed by atoms with Gasteiger partial charge >= 0.3 is 11.8 Å². The average Bonchev–Trinajstić information content (AvgIpc) is 3.30. The smallest absolute Gasteiger partial charge is 0.314 e. The van der Waals surface area contributed by atoms with E-state index in [2.05, 4.69) is 26.5 Å². The number of carbonyl (C=O) groups excluding carboxylic acids is 2. The lowest BCUT2D eigenvalue weighted by atomic mass is 9.52. The molecule has 6 aliphatic rings. The Morgan fingerprint density at radius 2 is 2.00 bits per heavy atom. The van der Waals surface area contributed by atoms with E-state index in [0.29, 0.717) is 29.3 Å². The maximum absolute atomic E-state index is 12.2. The molecule has 2 aliphatic heterocycles. The molecule has 10 nitrogen and oxygen atoms in total. The normalized spacial score (nSPS) is 37.3. The summed E-state index contributed by atoms with van der Waals surface area (Å²) < 4.78 is 2.03. The van der Waals surface area contributed by atoms with Crippen molar-refractivity contribution in [3.63, 3.8) is 0 Å². The monoisotopic (exact) mass is 411 g/mol. The summed E-state index contributed by atoms with van der Waals surface area (Å²) >= 11 is 0. The highest BCUT2D eigenvalue weighted by molar-refractivity contribution is 6.39. The van der Waals surface area contributed by atoms with Crippen LogP contribution in [0.15, 0.2) is 11.1 Å². The highest BCUT2D eigenvalue weighted by Gasteiger charge is 2.56. The van der Waals surface area contributed by atoms with Crippen LogP contribution in [0.5, 0.6) is 0 Å². The van der Waals surface area contributed by atoms with E-state index >= 15 is 0 Å². The number of hydrogen-bond donors (Lipinski definition) is 5. The SMILES string of the molecule is CNC(=O)C(=O)Nc1nn(C2[C@H]3CC4C[C@H]2CC(O)(C4)C3)c2c1NNC1N=CC=C21. The van der Waals surface area contributed by atoms with Gasteiger partial charge in [-0.1, -0.05) is 0 Å². The van der Waals surface area contributed by atoms with Crippen molar-refractivity contribution in [1.29, 1.82) is 0 Å². The zero-order valence-corrected chi connectivity index (χ0v) is 16.7. The standard InChI is InChI=1S/C20H25N7O3/c1-21-18(28)19(29)23-17-13-15(12-2-3-22-16(12)25-24-13)27(26-17)14-10-4-9-5-11(14)8-20(30,6-9)7-10/h2-3,9-11,14,16,24-25,30H,4-8H2,1H3,(H,21,28)(H,23,26,29)/t9?,10-,11-,14?,16?,20?/m0/s1. The molecule has 3 atom stereocenters. The van der Waals surface area contributed by atoms with Crippen LogP contribution < -0.4 is 21.5 Å². The predicted molar refractivity (Wildman–Crippen MR) is 109 cm³/mol. The largest absolute Gasteiger partial charge is 0.390 e. The Kier molecular flexibility index (Phi) is 3.70. The van der Waals surface area contributed by atoms with Gasteiger partial charge in [-0.3, -0.25) is 24.6 Å². The molecule has 7 rings (SSSR count). The average molecular weight is 411 g/mol. The molecule has 4 fully saturated rings. The van der Waals surface area contributed by atoms with E-state index < -0.39 is 17.4 Å². The van der Waals surface area contributed by atoms with Gasteiger partial charge in [-0.2, -0.15) is 5.10 Å². The Balaban J connectivity index is 1.43. The van der Waals surface area contributed by atoms with Crippen molar-refractivity contribution in [3.05, 3.63) is 11.8 Å². The van der Waals surface area contributed by atoms with Gasteiger partial charge in [-0.05, 0) is 55.9 Å². The summed E-state index contributed by atoms with van der Waals surface area (Å²) in [4.78, 5) is 28.4. The van der Waals surface area contributed by atoms with Crippen LogP contribution in [0, 0.1) is 17.8 Å². The summed E-state index contributed by atoms with van der Waals surface area (Å²) in [5.74, 6) is 0.132. The van der Waals surface area contributed by atoms with Gasteiger partial charge < -0.3 is 15.8 Å². The first kappa shape index (κ1) is 18.1. The highest BCUT2D eigenvalue weighted by Crippen LogP contribution is 2.60. The highest BCUT2D eigenvalue weighted by atomic mass is 16.3. The predicted octanol–water partition coefficient (Wildman–Crippen LogP) is 0.404. The van der Waals surface area contributed by atoms with Crippen molar-refractivity contribution >= 4 is 35.1 Å². The van der Waals surface area contributed by atoms with Crippen LogP contribution >= 0.6 is 0 Å². The zero-order valence-electron chi connectivity index (χ0n) is 16.7. The molecule has 1 aromatic rings. The lowest BCUT2D eigenvalue weighted by Crippen LogP contribution is -2.55. The molecule has 10 heteroatoms. The Morgan fingerprint density at radius 1 is 1.23 bits per heavy atom. The number of amides is 2. The number of anilines is 2. The number of aliphatic hydroxyl groups is 1. The number of allylic oxidation sites excluding steroid dienone is 1. The molecule has 4 saturated carbocycles. The summed E-state index contributed by atoms with van der Waals surface area (Å²) in [6, 6.07) is 0.156. The molecule has 0 spiro atoms. The second-order valence-electron chi connectivity index (χ2n) is 9.33. The van der Waals surface area contributed by atoms with E-state index in [1.165, 1.54) is 7.05 Å². The third-order valence-electron chi connectivity index (χ3n) is 7.44. The van der Waals surface area contributed by atoms with Crippen LogP contribution in [-0.2, 0) is 9.59 Å². The number of likely N-dealkylation sites (N-methyl/N-ethyl adjacent to an activating group) is 1. The van der Waals surface area contributed by atoms with Crippen LogP contribution in [0.1, 0.15) is 43.8 Å². The molecule has 158 valence electrons. The topological polar surface area (TPSA) is 133 Å². The third kappa shape index (κ3) is 2.50. The minimum atomic E-state index is -0.759. The second kappa shape index (κ2) is 6.14. The van der Waals surface area contributed by atoms with Crippen molar-refractivity contribution in [3.8, 4) is 0 Å². The number of aromatic nitrogens is 2. The van der Waals surface area contributed by atoms with Gasteiger partial charge in [0.25, 0.3) is 0 Å². The number of nitrogens with one attached hydrogen (secondary N) is 4. The fourth-order valence-corrected chi connectivity index (χ4v) is 6.61. The summed E-state index contributed by atoms with van der Waals surface area (Å²) in [6.07, 6.45) is 8.23. The Bertz CT molecular complexity index is 996. The van der Waals surface area contributed by atoms with E-state index in [1.807, 2.05) is 10.8 Å². The summed E-state index contributed by atoms with van der Waals surface area (Å²) in [6.45, 7) is 0. The van der Waals surface area contributed by atoms with Gasteiger partial charge in [-0.15, -0.1) is 0 Å². The number of hydrogen-bond acceptors (Lipinski definition) is 7. The molecule has 0 radical (unpaired) electrons. The maximum atomic E-state index is 12.2. The van der Waals surface area contributed by atoms with Crippen LogP contribution in [0.2, 0.25) is 0 Å². The molecule has 5 N–H and O–H groups in total. The Morgan fingerprint density at radius 3 is 2.70 bits per heavy atom. The first-order valence-corrected chi connectivity index (χ1v) is 10.6. The van der Waals surface area contributed by atoms with Crippen molar-refractivity contribution in [2.45, 2.75) is 49.9 Å². The minimum absolute atomic E-state index is 0.156. The van der Waals surface area contributed by atoms with E-state index in [9.17, 15) is 14.7 Å². The summed E-state index contributed by atoms with van der Waals surface area (Å²) in [5, 5.41) is 20.8. The number of aliphatic imine (C=N–C) groups is 1. The zero-order chi connectivity index (χ0) is 20.6. The molecular weight excluding hydrogens is 386 g/mol. The molecule has 4 aliphatic carbocycles. The van der Waals surface area contributed by atoms with Crippen molar-refractivity contribution in [2.75, 3.05) is 17.8 Å². The molecule has 4 bridgehead atoms. The van der Waals surface area contributed by atoms with Gasteiger partial charge in [0.1, 0.15) is 11.9 Å². The molecule has 3 heterocycles. The lowest BCUT2D eigenvalue weighted by Gasteiger charge is -2.58. The van der Waals surface area contributed by atoms with Gasteiger partial charge in [0.2, 0.25) is 0 Å². The van der Waals surface area contributed by atoms with Crippen LogP contribution in [0.3, 0.4) is 0 Å². The molecule has 0 aromatic carbocycles. The first-order valence-electron chi connectivity index (χ1n) is 10.6. The Hall–Kier alpha value is -2.72. The molecule has 1 aromatic heterocycles. The molecule has 1 unspecified atom stereocenters. The molecule has 0 saturated heterocycles. The van der Waals surface area contributed by atoms with E-state index in [0.717, 1.165) is 43.4 Å². The van der Waals surface area contributed by atoms with E-state index in [1.54, 1.807) is 6.21 Å². The Labute approximate surface area is 173 Å². The third-order valence-corrected chi connectivity index (χ3v) is 7.44. The van der Waals surface area contributed by atoms with Crippen molar-refractivity contribution in [2.24, 2.45) is 22.7 Å². The molecular formula is C20H25N7O3. The number of fused-ring (bicyclic) bond motifs is 3. The van der Waals surface area contributed by atoms with Crippen molar-refractivity contribution in [1.82, 2.24) is 20.5 Å². The van der Waals surface area contributed by atoms with Crippen LogP contribution in [-0.4, -0.2) is 51.7 Å². The molecule has 30 heavy (non-hydrogen) atoms. The second-order valence-corrected chi connectivity index (χ2v) is 9.33. The fourth-order valence-electron chi connectivity index (χ4n) is 6.61. The minimum Gasteiger partial charge on any atom is -0.390 e. The lowest BCUT2D eigenvalue weighted by molar-refractivity contribution is -0.148. The fraction of sp³-hybridized carbons (Fsp3) is 0.600. The van der Waals surface area contributed by atoms with Gasteiger partial charge in [0.05, 0.1) is 17.3 Å². The van der Waals surface area contributed by atoms with Crippen LogP contribution in [0.4, 0.5) is 11.5 Å². The summed E-state index contributed by atoms with van der Waals surface area (Å²) in [7, 11) is 1.42. The van der Waals surface area contributed by atoms with Crippen LogP contribution in [0.25, 0.3) is 5.57 Å². The quantitative estimate of drug-likeness (QED) is 0.448. The first-order chi connectivity index (χ1) is 14.5. The van der Waals surface area contributed by atoms with Gasteiger partial charge in [0.15, 0.2) is 5.82 Å². The number of hydrazine groups is 1. The number of rotatable bonds is 2. The summed E-state index contributed by atoms with van der Waals surface area (Å²) in [5.41, 5.74) is 8.25. The van der Waals surface area contributed by atoms with Gasteiger partial charge in [0, 0.05) is 18.8 Å². The van der Waals surface area contributed by atoms with E-state index in [4.69, 9.17) is 5.10 Å².